The highest BCUT2D eigenvalue weighted by Gasteiger charge is 2.29. The first-order valence-electron chi connectivity index (χ1n) is 6.52. The van der Waals surface area contributed by atoms with Gasteiger partial charge in [0.2, 0.25) is 11.0 Å². The maximum atomic E-state index is 12.1. The zero-order valence-corrected chi connectivity index (χ0v) is 13.4. The predicted octanol–water partition coefficient (Wildman–Crippen LogP) is 1.53. The van der Waals surface area contributed by atoms with Crippen molar-refractivity contribution in [3.63, 3.8) is 0 Å². The summed E-state index contributed by atoms with van der Waals surface area (Å²) in [4.78, 5) is 13.6. The third kappa shape index (κ3) is 5.29. The number of amides is 1. The van der Waals surface area contributed by atoms with Gasteiger partial charge in [0.25, 0.3) is 0 Å². The number of rotatable bonds is 5. The normalized spacial score (nSPS) is 17.4. The number of hydrogen-bond acceptors (Lipinski definition) is 7. The van der Waals surface area contributed by atoms with Crippen LogP contribution in [0.4, 0.5) is 18.3 Å². The van der Waals surface area contributed by atoms with Gasteiger partial charge in [-0.3, -0.25) is 4.79 Å². The average molecular weight is 356 g/mol. The molecule has 0 aliphatic carbocycles. The van der Waals surface area contributed by atoms with Gasteiger partial charge < -0.3 is 15.0 Å². The number of nitrogens with zero attached hydrogens (tertiary/aromatic N) is 3. The standard InChI is InChI=1S/C11H15F3N4O2S2/c1-7(8(19)15-6-11(12,13)14)21-10-17-16-9(22-10)18-2-4-20-5-3-18/h7H,2-6H2,1H3,(H,15,19)/t7-/m1/s1. The Morgan fingerprint density at radius 2 is 2.14 bits per heavy atom. The molecule has 0 radical (unpaired) electrons. The highest BCUT2D eigenvalue weighted by atomic mass is 32.2. The quantitative estimate of drug-likeness (QED) is 0.807. The minimum absolute atomic E-state index is 0.552. The highest BCUT2D eigenvalue weighted by molar-refractivity contribution is 8.02. The van der Waals surface area contributed by atoms with Crippen molar-refractivity contribution in [3.05, 3.63) is 0 Å². The third-order valence-electron chi connectivity index (χ3n) is 2.79. The molecule has 0 spiro atoms. The summed E-state index contributed by atoms with van der Waals surface area (Å²) in [5.74, 6) is -0.676. The maximum Gasteiger partial charge on any atom is 0.405 e. The summed E-state index contributed by atoms with van der Waals surface area (Å²) in [5.41, 5.74) is 0. The van der Waals surface area contributed by atoms with Crippen molar-refractivity contribution in [1.82, 2.24) is 15.5 Å². The van der Waals surface area contributed by atoms with E-state index in [1.54, 1.807) is 0 Å². The minimum Gasteiger partial charge on any atom is -0.378 e. The Kier molecular flexibility index (Phi) is 5.87. The van der Waals surface area contributed by atoms with E-state index in [0.29, 0.717) is 17.6 Å². The number of nitrogens with one attached hydrogen (secondary N) is 1. The molecule has 6 nitrogen and oxygen atoms in total. The molecule has 2 heterocycles. The van der Waals surface area contributed by atoms with Gasteiger partial charge in [-0.2, -0.15) is 13.2 Å². The van der Waals surface area contributed by atoms with Gasteiger partial charge in [0.05, 0.1) is 18.5 Å². The second kappa shape index (κ2) is 7.47. The summed E-state index contributed by atoms with van der Waals surface area (Å²) in [6.45, 7) is 2.90. The number of morpholine rings is 1. The molecule has 1 fully saturated rings. The number of thioether (sulfide) groups is 1. The van der Waals surface area contributed by atoms with Crippen LogP contribution >= 0.6 is 23.1 Å². The van der Waals surface area contributed by atoms with Gasteiger partial charge in [-0.05, 0) is 6.92 Å². The van der Waals surface area contributed by atoms with Gasteiger partial charge >= 0.3 is 6.18 Å². The first-order chi connectivity index (χ1) is 10.3. The van der Waals surface area contributed by atoms with Crippen molar-refractivity contribution in [1.29, 1.82) is 0 Å². The third-order valence-corrected chi connectivity index (χ3v) is 4.96. The van der Waals surface area contributed by atoms with Crippen molar-refractivity contribution < 1.29 is 22.7 Å². The number of alkyl halides is 3. The van der Waals surface area contributed by atoms with Crippen LogP contribution in [-0.4, -0.2) is 60.4 Å². The van der Waals surface area contributed by atoms with Crippen LogP contribution in [0.3, 0.4) is 0 Å². The molecule has 11 heteroatoms. The highest BCUT2D eigenvalue weighted by Crippen LogP contribution is 2.31. The topological polar surface area (TPSA) is 67.3 Å². The molecule has 2 rings (SSSR count). The monoisotopic (exact) mass is 356 g/mol. The Labute approximate surface area is 133 Å². The van der Waals surface area contributed by atoms with E-state index in [1.807, 2.05) is 10.2 Å². The lowest BCUT2D eigenvalue weighted by Crippen LogP contribution is -2.37. The molecule has 0 bridgehead atoms. The van der Waals surface area contributed by atoms with Crippen LogP contribution in [0.1, 0.15) is 6.92 Å². The summed E-state index contributed by atoms with van der Waals surface area (Å²) >= 11 is 2.41. The van der Waals surface area contributed by atoms with Crippen LogP contribution < -0.4 is 10.2 Å². The number of ether oxygens (including phenoxy) is 1. The van der Waals surface area contributed by atoms with Crippen LogP contribution in [0, 0.1) is 0 Å². The van der Waals surface area contributed by atoms with Gasteiger partial charge in [0, 0.05) is 13.1 Å². The average Bonchev–Trinajstić information content (AvgIpc) is 2.93. The smallest absolute Gasteiger partial charge is 0.378 e. The number of hydrogen-bond donors (Lipinski definition) is 1. The summed E-state index contributed by atoms with van der Waals surface area (Å²) in [5, 5.41) is 9.93. The Balaban J connectivity index is 1.85. The largest absolute Gasteiger partial charge is 0.405 e. The van der Waals surface area contributed by atoms with Gasteiger partial charge in [-0.15, -0.1) is 10.2 Å². The van der Waals surface area contributed by atoms with Crippen LogP contribution in [0.2, 0.25) is 0 Å². The predicted molar refractivity (Wildman–Crippen MR) is 77.3 cm³/mol. The fourth-order valence-corrected chi connectivity index (χ4v) is 3.73. The summed E-state index contributed by atoms with van der Waals surface area (Å²) in [7, 11) is 0. The van der Waals surface area contributed by atoms with Crippen molar-refractivity contribution in [2.75, 3.05) is 37.7 Å². The van der Waals surface area contributed by atoms with E-state index >= 15 is 0 Å². The number of carbonyl (C=O) groups excluding carboxylic acids is 1. The molecule has 1 amide bonds. The number of aromatic nitrogens is 2. The Bertz CT molecular complexity index is 506. The maximum absolute atomic E-state index is 12.1. The number of halogens is 3. The Morgan fingerprint density at radius 3 is 2.77 bits per heavy atom. The van der Waals surface area contributed by atoms with E-state index in [9.17, 15) is 18.0 Å². The van der Waals surface area contributed by atoms with Crippen molar-refractivity contribution in [3.8, 4) is 0 Å². The second-order valence-electron chi connectivity index (χ2n) is 4.54. The fraction of sp³-hybridized carbons (Fsp3) is 0.727. The molecule has 22 heavy (non-hydrogen) atoms. The van der Waals surface area contributed by atoms with E-state index in [-0.39, 0.29) is 0 Å². The molecule has 1 atom stereocenters. The molecule has 0 unspecified atom stereocenters. The molecule has 1 N–H and O–H groups in total. The van der Waals surface area contributed by atoms with Crippen LogP contribution in [-0.2, 0) is 9.53 Å². The molecule has 1 aromatic heterocycles. The molecular weight excluding hydrogens is 341 g/mol. The van der Waals surface area contributed by atoms with Gasteiger partial charge in [-0.1, -0.05) is 23.1 Å². The molecular formula is C11H15F3N4O2S2. The lowest BCUT2D eigenvalue weighted by Gasteiger charge is -2.25. The zero-order chi connectivity index (χ0) is 16.2. The second-order valence-corrected chi connectivity index (χ2v) is 7.09. The summed E-state index contributed by atoms with van der Waals surface area (Å²) < 4.78 is 42.0. The van der Waals surface area contributed by atoms with E-state index in [0.717, 1.165) is 30.0 Å². The van der Waals surface area contributed by atoms with E-state index in [2.05, 4.69) is 10.2 Å². The number of carbonyl (C=O) groups is 1. The van der Waals surface area contributed by atoms with E-state index < -0.39 is 23.9 Å². The molecule has 124 valence electrons. The zero-order valence-electron chi connectivity index (χ0n) is 11.7. The molecule has 0 aromatic carbocycles. The van der Waals surface area contributed by atoms with Crippen molar-refractivity contribution >= 4 is 34.1 Å². The van der Waals surface area contributed by atoms with Crippen molar-refractivity contribution in [2.24, 2.45) is 0 Å². The molecule has 1 aromatic rings. The van der Waals surface area contributed by atoms with Gasteiger partial charge in [-0.25, -0.2) is 0 Å². The molecule has 1 saturated heterocycles. The van der Waals surface area contributed by atoms with Crippen molar-refractivity contribution in [2.45, 2.75) is 22.7 Å². The lowest BCUT2D eigenvalue weighted by atomic mass is 10.4. The fourth-order valence-electron chi connectivity index (χ4n) is 1.67. The molecule has 1 aliphatic rings. The Morgan fingerprint density at radius 1 is 1.45 bits per heavy atom. The van der Waals surface area contributed by atoms with Gasteiger partial charge in [0.15, 0.2) is 4.34 Å². The first kappa shape index (κ1) is 17.3. The molecule has 1 aliphatic heterocycles. The van der Waals surface area contributed by atoms with E-state index in [1.165, 1.54) is 18.3 Å². The SMILES string of the molecule is C[C@@H](Sc1nnc(N2CCOCC2)s1)C(=O)NCC(F)(F)F. The van der Waals surface area contributed by atoms with Gasteiger partial charge in [0.1, 0.15) is 6.54 Å². The van der Waals surface area contributed by atoms with Crippen LogP contribution in [0.5, 0.6) is 0 Å². The van der Waals surface area contributed by atoms with Crippen LogP contribution in [0.15, 0.2) is 4.34 Å². The molecule has 0 saturated carbocycles. The van der Waals surface area contributed by atoms with E-state index in [4.69, 9.17) is 4.74 Å². The van der Waals surface area contributed by atoms with Crippen LogP contribution in [0.25, 0.3) is 0 Å². The summed E-state index contributed by atoms with van der Waals surface area (Å²) in [6, 6.07) is 0. The lowest BCUT2D eigenvalue weighted by molar-refractivity contribution is -0.137. The minimum atomic E-state index is -4.41. The first-order valence-corrected chi connectivity index (χ1v) is 8.22. The Hall–Kier alpha value is -1.07. The summed E-state index contributed by atoms with van der Waals surface area (Å²) in [6.07, 6.45) is -4.41. The number of anilines is 1.